The largest absolute Gasteiger partial charge is 0.374 e. The highest BCUT2D eigenvalue weighted by atomic mass is 79.9. The van der Waals surface area contributed by atoms with Crippen molar-refractivity contribution >= 4 is 15.9 Å². The Morgan fingerprint density at radius 1 is 1.47 bits per heavy atom. The summed E-state index contributed by atoms with van der Waals surface area (Å²) in [6.07, 6.45) is 2.80. The van der Waals surface area contributed by atoms with Crippen molar-refractivity contribution in [2.45, 2.75) is 58.7 Å². The van der Waals surface area contributed by atoms with Crippen LogP contribution in [0.15, 0.2) is 10.7 Å². The number of aromatic nitrogens is 2. The lowest BCUT2D eigenvalue weighted by Crippen LogP contribution is -2.43. The molecule has 0 saturated heterocycles. The van der Waals surface area contributed by atoms with E-state index in [9.17, 15) is 0 Å². The molecule has 1 aromatic heterocycles. The van der Waals surface area contributed by atoms with Crippen molar-refractivity contribution in [3.8, 4) is 0 Å². The second-order valence-electron chi connectivity index (χ2n) is 5.24. The molecule has 0 aliphatic heterocycles. The second kappa shape index (κ2) is 6.86. The molecule has 1 aromatic rings. The van der Waals surface area contributed by atoms with Crippen molar-refractivity contribution in [3.63, 3.8) is 0 Å². The maximum Gasteiger partial charge on any atom is 0.0861 e. The summed E-state index contributed by atoms with van der Waals surface area (Å²) in [6.45, 7) is 11.3. The van der Waals surface area contributed by atoms with Crippen LogP contribution in [-0.2, 0) is 4.74 Å². The molecule has 1 heterocycles. The van der Waals surface area contributed by atoms with E-state index in [-0.39, 0.29) is 11.6 Å². The predicted molar refractivity (Wildman–Crippen MR) is 82.4 cm³/mol. The van der Waals surface area contributed by atoms with Crippen molar-refractivity contribution in [2.75, 3.05) is 13.7 Å². The third-order valence-electron chi connectivity index (χ3n) is 3.62. The molecule has 0 amide bonds. The summed E-state index contributed by atoms with van der Waals surface area (Å²) in [5.41, 5.74) is 0.897. The van der Waals surface area contributed by atoms with Crippen molar-refractivity contribution in [3.05, 3.63) is 16.4 Å². The third kappa shape index (κ3) is 3.38. The van der Waals surface area contributed by atoms with Gasteiger partial charge in [-0.3, -0.25) is 4.68 Å². The molecular formula is C14H26BrN3O. The van der Waals surface area contributed by atoms with Crippen LogP contribution in [0.1, 0.15) is 58.8 Å². The summed E-state index contributed by atoms with van der Waals surface area (Å²) >= 11 is 3.62. The number of nitrogens with zero attached hydrogens (tertiary/aromatic N) is 2. The van der Waals surface area contributed by atoms with Gasteiger partial charge in [-0.25, -0.2) is 0 Å². The number of nitrogens with one attached hydrogen (secondary N) is 1. The summed E-state index contributed by atoms with van der Waals surface area (Å²) in [5.74, 6) is 0. The maximum absolute atomic E-state index is 6.02. The van der Waals surface area contributed by atoms with Gasteiger partial charge in [0.1, 0.15) is 0 Å². The Bertz CT molecular complexity index is 405. The Labute approximate surface area is 125 Å². The highest BCUT2D eigenvalue weighted by molar-refractivity contribution is 9.10. The van der Waals surface area contributed by atoms with Gasteiger partial charge in [0, 0.05) is 12.6 Å². The zero-order valence-corrected chi connectivity index (χ0v) is 14.4. The minimum absolute atomic E-state index is 0.0942. The van der Waals surface area contributed by atoms with E-state index in [4.69, 9.17) is 4.74 Å². The molecule has 0 aliphatic rings. The first-order chi connectivity index (χ1) is 8.91. The summed E-state index contributed by atoms with van der Waals surface area (Å²) < 4.78 is 9.10. The molecule has 4 nitrogen and oxygen atoms in total. The van der Waals surface area contributed by atoms with Gasteiger partial charge in [-0.15, -0.1) is 0 Å². The van der Waals surface area contributed by atoms with E-state index in [0.717, 1.165) is 16.6 Å². The van der Waals surface area contributed by atoms with E-state index < -0.39 is 0 Å². The van der Waals surface area contributed by atoms with E-state index in [2.05, 4.69) is 58.7 Å². The Morgan fingerprint density at radius 2 is 2.11 bits per heavy atom. The molecule has 0 fully saturated rings. The van der Waals surface area contributed by atoms with Gasteiger partial charge in [-0.2, -0.15) is 5.10 Å². The van der Waals surface area contributed by atoms with Crippen LogP contribution in [0.4, 0.5) is 0 Å². The number of rotatable bonds is 7. The summed E-state index contributed by atoms with van der Waals surface area (Å²) in [4.78, 5) is 0. The second-order valence-corrected chi connectivity index (χ2v) is 6.09. The van der Waals surface area contributed by atoms with E-state index >= 15 is 0 Å². The fourth-order valence-electron chi connectivity index (χ4n) is 2.48. The Kier molecular flexibility index (Phi) is 6.02. The SMILES string of the molecule is CCOC(C)(CC)C(NC)c1c(Br)cnn1C(C)C. The van der Waals surface area contributed by atoms with Crippen molar-refractivity contribution in [1.29, 1.82) is 0 Å². The number of hydrogen-bond acceptors (Lipinski definition) is 3. The molecule has 1 rings (SSSR count). The quantitative estimate of drug-likeness (QED) is 0.828. The van der Waals surface area contributed by atoms with Crippen LogP contribution in [0.5, 0.6) is 0 Å². The lowest BCUT2D eigenvalue weighted by molar-refractivity contribution is -0.0569. The molecule has 1 N–H and O–H groups in total. The van der Waals surface area contributed by atoms with Gasteiger partial charge in [0.25, 0.3) is 0 Å². The number of likely N-dealkylation sites (N-methyl/N-ethyl adjacent to an activating group) is 1. The number of hydrogen-bond donors (Lipinski definition) is 1. The van der Waals surface area contributed by atoms with Crippen LogP contribution in [0, 0.1) is 0 Å². The minimum Gasteiger partial charge on any atom is -0.374 e. The fraction of sp³-hybridized carbons (Fsp3) is 0.786. The van der Waals surface area contributed by atoms with Gasteiger partial charge < -0.3 is 10.1 Å². The fourth-order valence-corrected chi connectivity index (χ4v) is 2.98. The molecule has 2 atom stereocenters. The first kappa shape index (κ1) is 16.7. The van der Waals surface area contributed by atoms with Crippen molar-refractivity contribution in [2.24, 2.45) is 0 Å². The average Bonchev–Trinajstić information content (AvgIpc) is 2.73. The zero-order valence-electron chi connectivity index (χ0n) is 12.8. The Morgan fingerprint density at radius 3 is 2.53 bits per heavy atom. The zero-order chi connectivity index (χ0) is 14.6. The lowest BCUT2D eigenvalue weighted by Gasteiger charge is -2.37. The molecule has 0 bridgehead atoms. The van der Waals surface area contributed by atoms with E-state index in [1.54, 1.807) is 0 Å². The van der Waals surface area contributed by atoms with Crippen LogP contribution < -0.4 is 5.32 Å². The van der Waals surface area contributed by atoms with Gasteiger partial charge in [0.2, 0.25) is 0 Å². The minimum atomic E-state index is -0.251. The van der Waals surface area contributed by atoms with Crippen LogP contribution in [0.3, 0.4) is 0 Å². The summed E-state index contributed by atoms with van der Waals surface area (Å²) in [7, 11) is 1.97. The standard InChI is InChI=1S/C14H26BrN3O/c1-7-14(5,19-8-2)13(16-6)12-11(15)9-17-18(12)10(3)4/h9-10,13,16H,7-8H2,1-6H3. The molecule has 0 radical (unpaired) electrons. The molecule has 0 aliphatic carbocycles. The van der Waals surface area contributed by atoms with Crippen LogP contribution >= 0.6 is 15.9 Å². The summed E-state index contributed by atoms with van der Waals surface area (Å²) in [6, 6.07) is 0.414. The molecule has 110 valence electrons. The van der Waals surface area contributed by atoms with Gasteiger partial charge >= 0.3 is 0 Å². The first-order valence-corrected chi connectivity index (χ1v) is 7.74. The van der Waals surface area contributed by atoms with Gasteiger partial charge in [-0.05, 0) is 57.1 Å². The van der Waals surface area contributed by atoms with Gasteiger partial charge in [-0.1, -0.05) is 6.92 Å². The summed E-state index contributed by atoms with van der Waals surface area (Å²) in [5, 5.41) is 7.87. The smallest absolute Gasteiger partial charge is 0.0861 e. The van der Waals surface area contributed by atoms with Crippen LogP contribution in [0.2, 0.25) is 0 Å². The molecule has 0 saturated carbocycles. The first-order valence-electron chi connectivity index (χ1n) is 6.95. The Balaban J connectivity index is 3.26. The van der Waals surface area contributed by atoms with Crippen LogP contribution in [0.25, 0.3) is 0 Å². The van der Waals surface area contributed by atoms with Crippen molar-refractivity contribution in [1.82, 2.24) is 15.1 Å². The highest BCUT2D eigenvalue weighted by Crippen LogP contribution is 2.36. The molecule has 2 unspecified atom stereocenters. The van der Waals surface area contributed by atoms with Crippen LogP contribution in [-0.4, -0.2) is 29.0 Å². The molecule has 0 spiro atoms. The lowest BCUT2D eigenvalue weighted by atomic mass is 9.90. The molecule has 19 heavy (non-hydrogen) atoms. The topological polar surface area (TPSA) is 39.1 Å². The highest BCUT2D eigenvalue weighted by Gasteiger charge is 2.37. The van der Waals surface area contributed by atoms with Crippen molar-refractivity contribution < 1.29 is 4.74 Å². The van der Waals surface area contributed by atoms with E-state index in [0.29, 0.717) is 12.6 Å². The number of ether oxygens (including phenoxy) is 1. The molecular weight excluding hydrogens is 306 g/mol. The normalized spacial score (nSPS) is 16.6. The number of halogens is 1. The monoisotopic (exact) mass is 331 g/mol. The Hall–Kier alpha value is -0.390. The van der Waals surface area contributed by atoms with E-state index in [1.807, 2.05) is 20.2 Å². The average molecular weight is 332 g/mol. The predicted octanol–water partition coefficient (Wildman–Crippen LogP) is 3.69. The van der Waals surface area contributed by atoms with Gasteiger partial charge in [0.05, 0.1) is 28.0 Å². The third-order valence-corrected chi connectivity index (χ3v) is 4.24. The van der Waals surface area contributed by atoms with E-state index in [1.165, 1.54) is 0 Å². The van der Waals surface area contributed by atoms with Gasteiger partial charge in [0.15, 0.2) is 0 Å². The molecule has 0 aromatic carbocycles. The molecule has 5 heteroatoms. The maximum atomic E-state index is 6.02.